The van der Waals surface area contributed by atoms with Gasteiger partial charge in [0.05, 0.1) is 17.7 Å². The van der Waals surface area contributed by atoms with Crippen LogP contribution in [0.3, 0.4) is 0 Å². The van der Waals surface area contributed by atoms with Gasteiger partial charge in [-0.05, 0) is 26.0 Å². The highest BCUT2D eigenvalue weighted by molar-refractivity contribution is 6.12. The minimum atomic E-state index is -0.487. The minimum absolute atomic E-state index is 0.115. The molecule has 0 unspecified atom stereocenters. The molecule has 1 aromatic heterocycles. The number of esters is 1. The van der Waals surface area contributed by atoms with Gasteiger partial charge in [-0.3, -0.25) is 4.79 Å². The Morgan fingerprint density at radius 2 is 2.16 bits per heavy atom. The number of benzene rings is 1. The third kappa shape index (κ3) is 1.87. The lowest BCUT2D eigenvalue weighted by Gasteiger charge is -2.04. The van der Waals surface area contributed by atoms with Gasteiger partial charge < -0.3 is 14.4 Å². The van der Waals surface area contributed by atoms with Crippen molar-refractivity contribution in [2.75, 3.05) is 6.61 Å². The van der Waals surface area contributed by atoms with Crippen LogP contribution in [-0.4, -0.2) is 28.5 Å². The number of aromatic nitrogens is 1. The lowest BCUT2D eigenvalue weighted by Crippen LogP contribution is -2.07. The number of phenolic OH excluding ortho intramolecular Hbond substituents is 1. The van der Waals surface area contributed by atoms with Crippen molar-refractivity contribution in [1.82, 2.24) is 4.57 Å². The quantitative estimate of drug-likeness (QED) is 0.679. The van der Waals surface area contributed by atoms with Gasteiger partial charge in [0.2, 0.25) is 0 Å². The molecule has 0 bridgehead atoms. The van der Waals surface area contributed by atoms with E-state index in [0.717, 1.165) is 0 Å². The second kappa shape index (κ2) is 4.76. The van der Waals surface area contributed by atoms with E-state index in [9.17, 15) is 14.7 Å². The van der Waals surface area contributed by atoms with Gasteiger partial charge in [0.1, 0.15) is 5.75 Å². The molecule has 1 aromatic carbocycles. The summed E-state index contributed by atoms with van der Waals surface area (Å²) in [5.41, 5.74) is 1.85. The standard InChI is InChI=1S/C14H15NO4/c1-4-19-14(18)12-8(2)15(3)10-5-6-11(17)9(7-16)13(10)12/h5-7,17H,4H2,1-3H3. The van der Waals surface area contributed by atoms with E-state index in [4.69, 9.17) is 4.74 Å². The Morgan fingerprint density at radius 3 is 2.74 bits per heavy atom. The van der Waals surface area contributed by atoms with Crippen LogP contribution in [0.1, 0.15) is 33.3 Å². The lowest BCUT2D eigenvalue weighted by molar-refractivity contribution is 0.0527. The predicted molar refractivity (Wildman–Crippen MR) is 70.7 cm³/mol. The van der Waals surface area contributed by atoms with Gasteiger partial charge in [0, 0.05) is 23.6 Å². The molecule has 0 aliphatic rings. The maximum Gasteiger partial charge on any atom is 0.340 e. The van der Waals surface area contributed by atoms with Crippen molar-refractivity contribution in [1.29, 1.82) is 0 Å². The Kier molecular flexibility index (Phi) is 3.29. The number of aldehydes is 1. The summed E-state index contributed by atoms with van der Waals surface area (Å²) in [5, 5.41) is 10.2. The first kappa shape index (κ1) is 13.1. The number of nitrogens with zero attached hydrogens (tertiary/aromatic N) is 1. The molecular formula is C14H15NO4. The minimum Gasteiger partial charge on any atom is -0.507 e. The van der Waals surface area contributed by atoms with E-state index in [1.807, 2.05) is 0 Å². The first-order valence-corrected chi connectivity index (χ1v) is 5.96. The molecule has 2 rings (SSSR count). The number of aryl methyl sites for hydroxylation is 1. The van der Waals surface area contributed by atoms with Crippen molar-refractivity contribution in [2.24, 2.45) is 7.05 Å². The Hall–Kier alpha value is -2.30. The zero-order chi connectivity index (χ0) is 14.2. The molecule has 0 aliphatic heterocycles. The summed E-state index contributed by atoms with van der Waals surface area (Å²) in [6, 6.07) is 3.12. The molecule has 0 radical (unpaired) electrons. The molecule has 5 nitrogen and oxygen atoms in total. The highest BCUT2D eigenvalue weighted by atomic mass is 16.5. The van der Waals surface area contributed by atoms with Gasteiger partial charge in [-0.25, -0.2) is 4.79 Å². The summed E-state index contributed by atoms with van der Waals surface area (Å²) in [5.74, 6) is -0.627. The fraction of sp³-hybridized carbons (Fsp3) is 0.286. The molecule has 0 aliphatic carbocycles. The SMILES string of the molecule is CCOC(=O)c1c(C)n(C)c2ccc(O)c(C=O)c12. The lowest BCUT2D eigenvalue weighted by atomic mass is 10.0. The van der Waals surface area contributed by atoms with Gasteiger partial charge >= 0.3 is 5.97 Å². The molecule has 0 atom stereocenters. The topological polar surface area (TPSA) is 68.5 Å². The monoisotopic (exact) mass is 261 g/mol. The van der Waals surface area contributed by atoms with Crippen LogP contribution in [0, 0.1) is 6.92 Å². The van der Waals surface area contributed by atoms with Gasteiger partial charge in [0.25, 0.3) is 0 Å². The van der Waals surface area contributed by atoms with Crippen LogP contribution in [0.5, 0.6) is 5.75 Å². The normalized spacial score (nSPS) is 10.7. The summed E-state index contributed by atoms with van der Waals surface area (Å²) < 4.78 is 6.82. The van der Waals surface area contributed by atoms with Gasteiger partial charge in [-0.1, -0.05) is 0 Å². The number of rotatable bonds is 3. The Bertz CT molecular complexity index is 670. The van der Waals surface area contributed by atoms with Gasteiger partial charge in [0.15, 0.2) is 6.29 Å². The fourth-order valence-corrected chi connectivity index (χ4v) is 2.24. The molecule has 100 valence electrons. The van der Waals surface area contributed by atoms with E-state index in [-0.39, 0.29) is 17.9 Å². The van der Waals surface area contributed by atoms with Crippen molar-refractivity contribution < 1.29 is 19.4 Å². The average molecular weight is 261 g/mol. The van der Waals surface area contributed by atoms with Crippen molar-refractivity contribution in [3.63, 3.8) is 0 Å². The fourth-order valence-electron chi connectivity index (χ4n) is 2.24. The van der Waals surface area contributed by atoms with Crippen molar-refractivity contribution in [2.45, 2.75) is 13.8 Å². The molecule has 1 heterocycles. The van der Waals surface area contributed by atoms with Crippen molar-refractivity contribution >= 4 is 23.2 Å². The molecule has 0 amide bonds. The molecule has 0 spiro atoms. The van der Waals surface area contributed by atoms with Crippen LogP contribution < -0.4 is 0 Å². The summed E-state index contributed by atoms with van der Waals surface area (Å²) in [4.78, 5) is 23.2. The second-order valence-electron chi connectivity index (χ2n) is 4.25. The summed E-state index contributed by atoms with van der Waals surface area (Å²) in [7, 11) is 1.80. The Balaban J connectivity index is 2.89. The third-order valence-electron chi connectivity index (χ3n) is 3.27. The van der Waals surface area contributed by atoms with Crippen LogP contribution in [0.15, 0.2) is 12.1 Å². The van der Waals surface area contributed by atoms with E-state index in [1.54, 1.807) is 31.5 Å². The maximum absolute atomic E-state index is 12.0. The zero-order valence-corrected chi connectivity index (χ0v) is 11.1. The number of aromatic hydroxyl groups is 1. The molecule has 0 saturated heterocycles. The van der Waals surface area contributed by atoms with Crippen LogP contribution in [-0.2, 0) is 11.8 Å². The van der Waals surface area contributed by atoms with Crippen molar-refractivity contribution in [3.8, 4) is 5.75 Å². The average Bonchev–Trinajstić information content (AvgIpc) is 2.62. The second-order valence-corrected chi connectivity index (χ2v) is 4.25. The van der Waals surface area contributed by atoms with E-state index in [0.29, 0.717) is 28.4 Å². The largest absolute Gasteiger partial charge is 0.507 e. The van der Waals surface area contributed by atoms with Crippen LogP contribution in [0.4, 0.5) is 0 Å². The van der Waals surface area contributed by atoms with Crippen LogP contribution >= 0.6 is 0 Å². The highest BCUT2D eigenvalue weighted by Crippen LogP contribution is 2.32. The van der Waals surface area contributed by atoms with Gasteiger partial charge in [-0.2, -0.15) is 0 Å². The third-order valence-corrected chi connectivity index (χ3v) is 3.27. The molecule has 5 heteroatoms. The number of carbonyl (C=O) groups is 2. The van der Waals surface area contributed by atoms with E-state index < -0.39 is 5.97 Å². The number of phenols is 1. The summed E-state index contributed by atoms with van der Waals surface area (Å²) in [6.45, 7) is 3.75. The first-order chi connectivity index (χ1) is 9.02. The van der Waals surface area contributed by atoms with Gasteiger partial charge in [-0.15, -0.1) is 0 Å². The number of hydrogen-bond acceptors (Lipinski definition) is 4. The number of fused-ring (bicyclic) bond motifs is 1. The number of carbonyl (C=O) groups excluding carboxylic acids is 2. The summed E-state index contributed by atoms with van der Waals surface area (Å²) in [6.07, 6.45) is 0.555. The first-order valence-electron chi connectivity index (χ1n) is 5.96. The maximum atomic E-state index is 12.0. The smallest absolute Gasteiger partial charge is 0.340 e. The van der Waals surface area contributed by atoms with Crippen LogP contribution in [0.25, 0.3) is 10.9 Å². The molecule has 0 fully saturated rings. The molecular weight excluding hydrogens is 246 g/mol. The Labute approximate surface area is 110 Å². The molecule has 2 aromatic rings. The van der Waals surface area contributed by atoms with Crippen LogP contribution in [0.2, 0.25) is 0 Å². The predicted octanol–water partition coefficient (Wildman–Crippen LogP) is 2.18. The molecule has 0 saturated carbocycles. The zero-order valence-electron chi connectivity index (χ0n) is 11.1. The van der Waals surface area contributed by atoms with E-state index >= 15 is 0 Å². The van der Waals surface area contributed by atoms with E-state index in [1.165, 1.54) is 6.07 Å². The highest BCUT2D eigenvalue weighted by Gasteiger charge is 2.23. The Morgan fingerprint density at radius 1 is 1.47 bits per heavy atom. The summed E-state index contributed by atoms with van der Waals surface area (Å²) >= 11 is 0. The van der Waals surface area contributed by atoms with E-state index in [2.05, 4.69) is 0 Å². The molecule has 1 N–H and O–H groups in total. The number of hydrogen-bond donors (Lipinski definition) is 1. The number of ether oxygens (including phenoxy) is 1. The van der Waals surface area contributed by atoms with Crippen molar-refractivity contribution in [3.05, 3.63) is 29.0 Å². The molecule has 19 heavy (non-hydrogen) atoms.